The molecule has 126 valence electrons. The Kier molecular flexibility index (Phi) is 6.31. The molecule has 0 atom stereocenters. The van der Waals surface area contributed by atoms with Crippen molar-refractivity contribution in [2.75, 3.05) is 11.9 Å². The van der Waals surface area contributed by atoms with Crippen LogP contribution in [-0.2, 0) is 16.0 Å². The van der Waals surface area contributed by atoms with E-state index in [9.17, 15) is 14.7 Å². The fourth-order valence-corrected chi connectivity index (χ4v) is 2.50. The molecule has 0 radical (unpaired) electrons. The van der Waals surface area contributed by atoms with E-state index < -0.39 is 11.8 Å². The minimum absolute atomic E-state index is 0.144. The van der Waals surface area contributed by atoms with Crippen molar-refractivity contribution in [3.8, 4) is 5.75 Å². The lowest BCUT2D eigenvalue weighted by Gasteiger charge is -2.09. The summed E-state index contributed by atoms with van der Waals surface area (Å²) in [5.74, 6) is -1.53. The van der Waals surface area contributed by atoms with Crippen molar-refractivity contribution in [2.45, 2.75) is 6.42 Å². The van der Waals surface area contributed by atoms with Gasteiger partial charge < -0.3 is 15.7 Å². The van der Waals surface area contributed by atoms with E-state index in [0.29, 0.717) is 6.42 Å². The first-order valence-corrected chi connectivity index (χ1v) is 8.02. The van der Waals surface area contributed by atoms with E-state index >= 15 is 0 Å². The molecule has 3 N–H and O–H groups in total. The molecule has 0 saturated heterocycles. The van der Waals surface area contributed by atoms with Gasteiger partial charge in [-0.2, -0.15) is 0 Å². The van der Waals surface area contributed by atoms with Gasteiger partial charge in [-0.15, -0.1) is 0 Å². The van der Waals surface area contributed by atoms with Crippen LogP contribution in [0.2, 0.25) is 15.1 Å². The Morgan fingerprint density at radius 3 is 2.38 bits per heavy atom. The van der Waals surface area contributed by atoms with Crippen LogP contribution in [0.1, 0.15) is 5.56 Å². The second kappa shape index (κ2) is 8.24. The molecule has 8 heteroatoms. The highest BCUT2D eigenvalue weighted by Crippen LogP contribution is 2.32. The zero-order chi connectivity index (χ0) is 17.7. The summed E-state index contributed by atoms with van der Waals surface area (Å²) in [5.41, 5.74) is 1.03. The molecule has 0 unspecified atom stereocenters. The number of carbonyl (C=O) groups is 2. The third kappa shape index (κ3) is 5.03. The molecule has 0 heterocycles. The molecule has 2 rings (SSSR count). The second-order valence-electron chi connectivity index (χ2n) is 4.88. The van der Waals surface area contributed by atoms with Gasteiger partial charge in [0, 0.05) is 6.54 Å². The zero-order valence-electron chi connectivity index (χ0n) is 12.3. The molecule has 2 aromatic carbocycles. The number of hydrogen-bond donors (Lipinski definition) is 3. The van der Waals surface area contributed by atoms with Gasteiger partial charge in [0.2, 0.25) is 0 Å². The Morgan fingerprint density at radius 2 is 1.67 bits per heavy atom. The Balaban J connectivity index is 1.88. The molecule has 2 aromatic rings. The van der Waals surface area contributed by atoms with Crippen molar-refractivity contribution in [3.63, 3.8) is 0 Å². The quantitative estimate of drug-likeness (QED) is 0.553. The van der Waals surface area contributed by atoms with Crippen molar-refractivity contribution in [1.29, 1.82) is 0 Å². The number of hydrogen-bond acceptors (Lipinski definition) is 3. The first-order valence-electron chi connectivity index (χ1n) is 6.88. The van der Waals surface area contributed by atoms with Crippen LogP contribution in [0.5, 0.6) is 5.75 Å². The van der Waals surface area contributed by atoms with E-state index in [-0.39, 0.29) is 33.0 Å². The topological polar surface area (TPSA) is 78.4 Å². The van der Waals surface area contributed by atoms with E-state index in [2.05, 4.69) is 10.6 Å². The summed E-state index contributed by atoms with van der Waals surface area (Å²) in [6, 6.07) is 9.39. The van der Waals surface area contributed by atoms with Crippen LogP contribution in [0.15, 0.2) is 36.4 Å². The van der Waals surface area contributed by atoms with E-state index in [0.717, 1.165) is 5.56 Å². The highest BCUT2D eigenvalue weighted by atomic mass is 35.5. The summed E-state index contributed by atoms with van der Waals surface area (Å²) in [4.78, 5) is 23.7. The Labute approximate surface area is 153 Å². The maximum atomic E-state index is 11.9. The van der Waals surface area contributed by atoms with Gasteiger partial charge in [-0.25, -0.2) is 0 Å². The number of amides is 2. The number of benzene rings is 2. The number of nitrogens with one attached hydrogen (secondary N) is 2. The Bertz CT molecular complexity index is 781. The highest BCUT2D eigenvalue weighted by Gasteiger charge is 2.16. The molecule has 0 aliphatic rings. The summed E-state index contributed by atoms with van der Waals surface area (Å²) >= 11 is 17.6. The first-order chi connectivity index (χ1) is 11.4. The molecule has 0 fully saturated rings. The van der Waals surface area contributed by atoms with Crippen molar-refractivity contribution in [3.05, 3.63) is 57.0 Å². The minimum Gasteiger partial charge on any atom is -0.508 e. The normalized spacial score (nSPS) is 10.3. The maximum Gasteiger partial charge on any atom is 0.313 e. The average molecular weight is 388 g/mol. The lowest BCUT2D eigenvalue weighted by Crippen LogP contribution is -2.36. The van der Waals surface area contributed by atoms with Gasteiger partial charge in [-0.05, 0) is 36.2 Å². The number of aromatic hydroxyl groups is 1. The van der Waals surface area contributed by atoms with E-state index in [1.807, 2.05) is 0 Å². The SMILES string of the molecule is O=C(NCCc1cccc(O)c1)C(=O)Nc1cc(Cl)c(Cl)cc1Cl. The number of phenolic OH excluding ortho intramolecular Hbond substituents is 1. The number of anilines is 1. The van der Waals surface area contributed by atoms with Crippen LogP contribution >= 0.6 is 34.8 Å². The zero-order valence-corrected chi connectivity index (χ0v) is 14.5. The minimum atomic E-state index is -0.869. The number of halogens is 3. The van der Waals surface area contributed by atoms with Gasteiger partial charge in [0.25, 0.3) is 0 Å². The molecule has 0 saturated carbocycles. The molecule has 24 heavy (non-hydrogen) atoms. The molecular weight excluding hydrogens is 375 g/mol. The van der Waals surface area contributed by atoms with Crippen molar-refractivity contribution >= 4 is 52.3 Å². The van der Waals surface area contributed by atoms with Crippen LogP contribution in [0.4, 0.5) is 5.69 Å². The summed E-state index contributed by atoms with van der Waals surface area (Å²) < 4.78 is 0. The van der Waals surface area contributed by atoms with Crippen LogP contribution in [-0.4, -0.2) is 23.5 Å². The summed E-state index contributed by atoms with van der Waals surface area (Å²) in [6.45, 7) is 0.241. The summed E-state index contributed by atoms with van der Waals surface area (Å²) in [7, 11) is 0. The van der Waals surface area contributed by atoms with Crippen molar-refractivity contribution in [1.82, 2.24) is 5.32 Å². The van der Waals surface area contributed by atoms with Crippen LogP contribution < -0.4 is 10.6 Å². The predicted octanol–water partition coefficient (Wildman–Crippen LogP) is 3.65. The fraction of sp³-hybridized carbons (Fsp3) is 0.125. The lowest BCUT2D eigenvalue weighted by molar-refractivity contribution is -0.136. The monoisotopic (exact) mass is 386 g/mol. The number of rotatable bonds is 4. The van der Waals surface area contributed by atoms with Crippen LogP contribution in [0, 0.1) is 0 Å². The van der Waals surface area contributed by atoms with Gasteiger partial charge in [-0.3, -0.25) is 9.59 Å². The van der Waals surface area contributed by atoms with Gasteiger partial charge in [0.1, 0.15) is 5.75 Å². The highest BCUT2D eigenvalue weighted by molar-refractivity contribution is 6.45. The van der Waals surface area contributed by atoms with E-state index in [4.69, 9.17) is 34.8 Å². The Hall–Kier alpha value is -1.95. The van der Waals surface area contributed by atoms with Gasteiger partial charge in [0.05, 0.1) is 20.8 Å². The summed E-state index contributed by atoms with van der Waals surface area (Å²) in [5, 5.41) is 14.8. The largest absolute Gasteiger partial charge is 0.508 e. The average Bonchev–Trinajstić information content (AvgIpc) is 2.52. The number of carbonyl (C=O) groups excluding carboxylic acids is 2. The maximum absolute atomic E-state index is 11.9. The standard InChI is InChI=1S/C16H13Cl3N2O3/c17-11-7-13(19)14(8-12(11)18)21-16(24)15(23)20-5-4-9-2-1-3-10(22)6-9/h1-3,6-8,22H,4-5H2,(H,20,23)(H,21,24). The van der Waals surface area contributed by atoms with Crippen LogP contribution in [0.25, 0.3) is 0 Å². The molecule has 0 aliphatic carbocycles. The first kappa shape index (κ1) is 18.4. The fourth-order valence-electron chi connectivity index (χ4n) is 1.91. The van der Waals surface area contributed by atoms with E-state index in [1.54, 1.807) is 24.3 Å². The van der Waals surface area contributed by atoms with Gasteiger partial charge in [0.15, 0.2) is 0 Å². The molecule has 5 nitrogen and oxygen atoms in total. The Morgan fingerprint density at radius 1 is 0.958 bits per heavy atom. The van der Waals surface area contributed by atoms with Gasteiger partial charge in [-0.1, -0.05) is 46.9 Å². The third-order valence-electron chi connectivity index (χ3n) is 3.07. The predicted molar refractivity (Wildman–Crippen MR) is 94.9 cm³/mol. The molecule has 0 aliphatic heterocycles. The molecule has 0 bridgehead atoms. The smallest absolute Gasteiger partial charge is 0.313 e. The lowest BCUT2D eigenvalue weighted by atomic mass is 10.1. The molecular formula is C16H13Cl3N2O3. The molecule has 2 amide bonds. The summed E-state index contributed by atoms with van der Waals surface area (Å²) in [6.07, 6.45) is 0.473. The van der Waals surface area contributed by atoms with E-state index in [1.165, 1.54) is 12.1 Å². The molecule has 0 aromatic heterocycles. The third-order valence-corrected chi connectivity index (χ3v) is 4.11. The van der Waals surface area contributed by atoms with Crippen molar-refractivity contribution in [2.24, 2.45) is 0 Å². The second-order valence-corrected chi connectivity index (χ2v) is 6.10. The molecule has 0 spiro atoms. The van der Waals surface area contributed by atoms with Crippen molar-refractivity contribution < 1.29 is 14.7 Å². The van der Waals surface area contributed by atoms with Gasteiger partial charge >= 0.3 is 11.8 Å². The number of phenols is 1. The van der Waals surface area contributed by atoms with Crippen LogP contribution in [0.3, 0.4) is 0 Å².